The van der Waals surface area contributed by atoms with Crippen molar-refractivity contribution in [2.75, 3.05) is 11.4 Å². The second-order valence-corrected chi connectivity index (χ2v) is 5.39. The van der Waals surface area contributed by atoms with Crippen molar-refractivity contribution in [3.8, 4) is 6.07 Å². The molecule has 1 fully saturated rings. The van der Waals surface area contributed by atoms with Gasteiger partial charge in [0.2, 0.25) is 0 Å². The molecular weight excluding hydrogens is 286 g/mol. The first-order chi connectivity index (χ1) is 10.6. The molecule has 2 unspecified atom stereocenters. The minimum Gasteiger partial charge on any atom is -0.391 e. The van der Waals surface area contributed by atoms with Crippen molar-refractivity contribution in [1.82, 2.24) is 0 Å². The number of hydrogen-bond donors (Lipinski definition) is 1. The number of nitrogens with zero attached hydrogens (tertiary/aromatic N) is 2. The Balaban J connectivity index is 1.97. The number of nitriles is 1. The third kappa shape index (κ3) is 2.66. The van der Waals surface area contributed by atoms with Gasteiger partial charge in [0.25, 0.3) is 0 Å². The lowest BCUT2D eigenvalue weighted by Crippen LogP contribution is -2.25. The molecule has 1 heterocycles. The van der Waals surface area contributed by atoms with Gasteiger partial charge >= 0.3 is 0 Å². The SMILES string of the molecule is N#Cc1ccc(N2CC(O)CC2c2ccc(F)cc2)c(F)c1. The van der Waals surface area contributed by atoms with Gasteiger partial charge in [0, 0.05) is 6.54 Å². The highest BCUT2D eigenvalue weighted by atomic mass is 19.1. The predicted molar refractivity (Wildman–Crippen MR) is 78.2 cm³/mol. The van der Waals surface area contributed by atoms with Crippen LogP contribution in [0.15, 0.2) is 42.5 Å². The molecule has 1 aliphatic rings. The maximum Gasteiger partial charge on any atom is 0.147 e. The van der Waals surface area contributed by atoms with Crippen LogP contribution in [0.1, 0.15) is 23.6 Å². The summed E-state index contributed by atoms with van der Waals surface area (Å²) in [6, 6.07) is 11.9. The van der Waals surface area contributed by atoms with E-state index >= 15 is 0 Å². The first kappa shape index (κ1) is 14.5. The number of aliphatic hydroxyl groups is 1. The zero-order valence-electron chi connectivity index (χ0n) is 11.7. The van der Waals surface area contributed by atoms with Crippen molar-refractivity contribution < 1.29 is 13.9 Å². The minimum atomic E-state index is -0.579. The Bertz CT molecular complexity index is 724. The van der Waals surface area contributed by atoms with Gasteiger partial charge in [-0.25, -0.2) is 8.78 Å². The standard InChI is InChI=1S/C17H14F2N2O/c18-13-4-2-12(3-5-13)17-8-14(22)10-21(17)16-6-1-11(9-20)7-15(16)19/h1-7,14,17,22H,8,10H2. The van der Waals surface area contributed by atoms with Crippen LogP contribution < -0.4 is 4.90 Å². The lowest BCUT2D eigenvalue weighted by Gasteiger charge is -2.27. The zero-order valence-corrected chi connectivity index (χ0v) is 11.7. The maximum atomic E-state index is 14.2. The van der Waals surface area contributed by atoms with Gasteiger partial charge in [-0.3, -0.25) is 0 Å². The maximum absolute atomic E-state index is 14.2. The Morgan fingerprint density at radius 3 is 2.50 bits per heavy atom. The molecule has 0 aliphatic carbocycles. The van der Waals surface area contributed by atoms with E-state index in [2.05, 4.69) is 0 Å². The topological polar surface area (TPSA) is 47.3 Å². The number of halogens is 2. The Hall–Kier alpha value is -2.45. The van der Waals surface area contributed by atoms with Crippen LogP contribution in [0, 0.1) is 23.0 Å². The highest BCUT2D eigenvalue weighted by molar-refractivity contribution is 5.54. The average Bonchev–Trinajstić information content (AvgIpc) is 2.89. The van der Waals surface area contributed by atoms with Gasteiger partial charge in [0.05, 0.1) is 29.5 Å². The highest BCUT2D eigenvalue weighted by Gasteiger charge is 2.33. The molecule has 1 N–H and O–H groups in total. The van der Waals surface area contributed by atoms with Crippen LogP contribution in [0.25, 0.3) is 0 Å². The largest absolute Gasteiger partial charge is 0.391 e. The Morgan fingerprint density at radius 1 is 1.14 bits per heavy atom. The normalized spacial score (nSPS) is 20.9. The van der Waals surface area contributed by atoms with Crippen molar-refractivity contribution in [3.05, 3.63) is 65.2 Å². The zero-order chi connectivity index (χ0) is 15.7. The summed E-state index contributed by atoms with van der Waals surface area (Å²) in [6.45, 7) is 0.296. The average molecular weight is 300 g/mol. The van der Waals surface area contributed by atoms with E-state index in [0.717, 1.165) is 5.56 Å². The van der Waals surface area contributed by atoms with Crippen molar-refractivity contribution in [1.29, 1.82) is 5.26 Å². The molecule has 112 valence electrons. The van der Waals surface area contributed by atoms with Crippen LogP contribution in [0.3, 0.4) is 0 Å². The van der Waals surface area contributed by atoms with Gasteiger partial charge in [-0.2, -0.15) is 5.26 Å². The van der Waals surface area contributed by atoms with Gasteiger partial charge in [-0.15, -0.1) is 0 Å². The number of benzene rings is 2. The second kappa shape index (κ2) is 5.74. The fraction of sp³-hybridized carbons (Fsp3) is 0.235. The van der Waals surface area contributed by atoms with Crippen LogP contribution in [0.5, 0.6) is 0 Å². The van der Waals surface area contributed by atoms with E-state index in [9.17, 15) is 13.9 Å². The molecule has 0 aromatic heterocycles. The van der Waals surface area contributed by atoms with Gasteiger partial charge in [-0.05, 0) is 42.3 Å². The molecule has 0 radical (unpaired) electrons. The van der Waals surface area contributed by atoms with Crippen LogP contribution >= 0.6 is 0 Å². The van der Waals surface area contributed by atoms with Crippen LogP contribution in [-0.2, 0) is 0 Å². The van der Waals surface area contributed by atoms with E-state index in [4.69, 9.17) is 5.26 Å². The molecule has 1 aliphatic heterocycles. The summed E-state index contributed by atoms with van der Waals surface area (Å²) >= 11 is 0. The molecule has 3 nitrogen and oxygen atoms in total. The first-order valence-corrected chi connectivity index (χ1v) is 6.98. The summed E-state index contributed by atoms with van der Waals surface area (Å²) in [6.07, 6.45) is -0.129. The van der Waals surface area contributed by atoms with Gasteiger partial charge < -0.3 is 10.0 Å². The van der Waals surface area contributed by atoms with E-state index in [1.165, 1.54) is 18.2 Å². The van der Waals surface area contributed by atoms with Crippen molar-refractivity contribution in [2.45, 2.75) is 18.6 Å². The van der Waals surface area contributed by atoms with E-state index in [-0.39, 0.29) is 17.4 Å². The summed E-state index contributed by atoms with van der Waals surface area (Å²) in [5.41, 5.74) is 1.41. The minimum absolute atomic E-state index is 0.224. The Labute approximate surface area is 127 Å². The summed E-state index contributed by atoms with van der Waals surface area (Å²) in [5.74, 6) is -0.835. The fourth-order valence-electron chi connectivity index (χ4n) is 2.89. The Kier molecular flexibility index (Phi) is 3.78. The Morgan fingerprint density at radius 2 is 1.86 bits per heavy atom. The number of hydrogen-bond acceptors (Lipinski definition) is 3. The fourth-order valence-corrected chi connectivity index (χ4v) is 2.89. The molecule has 0 spiro atoms. The third-order valence-electron chi connectivity index (χ3n) is 3.92. The molecule has 2 atom stereocenters. The number of rotatable bonds is 2. The van der Waals surface area contributed by atoms with Crippen LogP contribution in [0.4, 0.5) is 14.5 Å². The lowest BCUT2D eigenvalue weighted by molar-refractivity contribution is 0.194. The summed E-state index contributed by atoms with van der Waals surface area (Å²) in [7, 11) is 0. The first-order valence-electron chi connectivity index (χ1n) is 6.98. The molecular formula is C17H14F2N2O. The third-order valence-corrected chi connectivity index (χ3v) is 3.92. The molecule has 2 aromatic rings. The van der Waals surface area contributed by atoms with E-state index in [1.807, 2.05) is 6.07 Å². The quantitative estimate of drug-likeness (QED) is 0.927. The summed E-state index contributed by atoms with van der Waals surface area (Å²) in [4.78, 5) is 1.76. The summed E-state index contributed by atoms with van der Waals surface area (Å²) in [5, 5.41) is 18.8. The molecule has 3 rings (SSSR count). The molecule has 1 saturated heterocycles. The van der Waals surface area contributed by atoms with Gasteiger partial charge in [0.15, 0.2) is 0 Å². The van der Waals surface area contributed by atoms with E-state index < -0.39 is 11.9 Å². The second-order valence-electron chi connectivity index (χ2n) is 5.39. The molecule has 0 amide bonds. The monoisotopic (exact) mass is 300 g/mol. The van der Waals surface area contributed by atoms with Gasteiger partial charge in [0.1, 0.15) is 11.6 Å². The molecule has 22 heavy (non-hydrogen) atoms. The van der Waals surface area contributed by atoms with Crippen molar-refractivity contribution >= 4 is 5.69 Å². The molecule has 0 bridgehead atoms. The summed E-state index contributed by atoms with van der Waals surface area (Å²) < 4.78 is 27.3. The molecule has 2 aromatic carbocycles. The predicted octanol–water partition coefficient (Wildman–Crippen LogP) is 3.15. The highest BCUT2D eigenvalue weighted by Crippen LogP contribution is 2.37. The lowest BCUT2D eigenvalue weighted by atomic mass is 10.0. The molecule has 0 saturated carbocycles. The van der Waals surface area contributed by atoms with E-state index in [1.54, 1.807) is 29.2 Å². The van der Waals surface area contributed by atoms with Crippen molar-refractivity contribution in [2.24, 2.45) is 0 Å². The van der Waals surface area contributed by atoms with Gasteiger partial charge in [-0.1, -0.05) is 12.1 Å². The number of aliphatic hydroxyl groups excluding tert-OH is 1. The number of β-amino-alcohol motifs (C(OH)–C–C–N with tert-alkyl or cyclic N) is 1. The van der Waals surface area contributed by atoms with E-state index in [0.29, 0.717) is 18.7 Å². The smallest absolute Gasteiger partial charge is 0.147 e. The molecule has 5 heteroatoms. The van der Waals surface area contributed by atoms with Crippen LogP contribution in [0.2, 0.25) is 0 Å². The van der Waals surface area contributed by atoms with Crippen molar-refractivity contribution in [3.63, 3.8) is 0 Å². The number of anilines is 1. The van der Waals surface area contributed by atoms with Crippen LogP contribution in [-0.4, -0.2) is 17.8 Å².